The minimum atomic E-state index is 0.258. The van der Waals surface area contributed by atoms with Gasteiger partial charge in [0.2, 0.25) is 0 Å². The van der Waals surface area contributed by atoms with Crippen LogP contribution in [-0.2, 0) is 0 Å². The van der Waals surface area contributed by atoms with Gasteiger partial charge in [0.15, 0.2) is 0 Å². The van der Waals surface area contributed by atoms with Crippen LogP contribution in [0.25, 0.3) is 0 Å². The third-order valence-corrected chi connectivity index (χ3v) is 6.68. The zero-order valence-corrected chi connectivity index (χ0v) is 8.80. The van der Waals surface area contributed by atoms with Crippen molar-refractivity contribution in [3.8, 4) is 0 Å². The quantitative estimate of drug-likeness (QED) is 0.541. The second-order valence-electron chi connectivity index (χ2n) is 3.98. The van der Waals surface area contributed by atoms with Crippen molar-refractivity contribution in [2.75, 3.05) is 0 Å². The number of hydrogen-bond donors (Lipinski definition) is 0. The van der Waals surface area contributed by atoms with E-state index in [1.165, 1.54) is 12.8 Å². The lowest BCUT2D eigenvalue weighted by molar-refractivity contribution is 0.777. The Labute approximate surface area is 76.5 Å². The van der Waals surface area contributed by atoms with Crippen molar-refractivity contribution < 1.29 is 0 Å². The SMILES string of the molecule is C[C@H]1CC[C@H](C)P1C1C=CC=C1. The first-order valence-corrected chi connectivity index (χ1v) is 6.46. The molecule has 12 heavy (non-hydrogen) atoms. The van der Waals surface area contributed by atoms with Crippen LogP contribution in [0.5, 0.6) is 0 Å². The third kappa shape index (κ3) is 1.38. The summed E-state index contributed by atoms with van der Waals surface area (Å²) in [4.78, 5) is 0. The summed E-state index contributed by atoms with van der Waals surface area (Å²) >= 11 is 0. The van der Waals surface area contributed by atoms with Gasteiger partial charge in [-0.15, -0.1) is 0 Å². The largest absolute Gasteiger partial charge is 0.0898 e. The molecule has 1 saturated heterocycles. The third-order valence-electron chi connectivity index (χ3n) is 3.09. The van der Waals surface area contributed by atoms with Gasteiger partial charge in [-0.05, 0) is 24.2 Å². The molecular formula is C11H17P. The standard InChI is InChI=1S/C11H17P/c1-9-7-8-10(2)12(9)11-5-3-4-6-11/h3-6,9-11H,7-8H2,1-2H3/t9-,10-/m0/s1. The van der Waals surface area contributed by atoms with Gasteiger partial charge in [-0.1, -0.05) is 46.1 Å². The van der Waals surface area contributed by atoms with E-state index >= 15 is 0 Å². The molecular weight excluding hydrogens is 163 g/mol. The molecule has 0 aromatic rings. The molecule has 0 unspecified atom stereocenters. The molecule has 2 rings (SSSR count). The normalized spacial score (nSPS) is 36.8. The van der Waals surface area contributed by atoms with Crippen LogP contribution in [0.15, 0.2) is 24.3 Å². The second-order valence-corrected chi connectivity index (χ2v) is 7.24. The highest BCUT2D eigenvalue weighted by Gasteiger charge is 2.33. The van der Waals surface area contributed by atoms with Crippen molar-refractivity contribution in [3.05, 3.63) is 24.3 Å². The first kappa shape index (κ1) is 8.51. The molecule has 0 amide bonds. The molecule has 0 bridgehead atoms. The Morgan fingerprint density at radius 2 is 1.50 bits per heavy atom. The number of hydrogen-bond acceptors (Lipinski definition) is 0. The summed E-state index contributed by atoms with van der Waals surface area (Å²) in [5.74, 6) is 0. The Morgan fingerprint density at radius 1 is 1.00 bits per heavy atom. The Morgan fingerprint density at radius 3 is 2.00 bits per heavy atom. The summed E-state index contributed by atoms with van der Waals surface area (Å²) in [5, 5.41) is 0. The van der Waals surface area contributed by atoms with E-state index in [1.807, 2.05) is 0 Å². The molecule has 0 spiro atoms. The van der Waals surface area contributed by atoms with Gasteiger partial charge in [-0.3, -0.25) is 0 Å². The molecule has 0 aromatic carbocycles. The summed E-state index contributed by atoms with van der Waals surface area (Å²) in [6, 6.07) is 0. The molecule has 0 nitrogen and oxygen atoms in total. The van der Waals surface area contributed by atoms with E-state index in [9.17, 15) is 0 Å². The van der Waals surface area contributed by atoms with Gasteiger partial charge in [-0.25, -0.2) is 0 Å². The molecule has 66 valence electrons. The summed E-state index contributed by atoms with van der Waals surface area (Å²) in [7, 11) is 0.258. The smallest absolute Gasteiger partial charge is 0.0161 e. The van der Waals surface area contributed by atoms with Crippen molar-refractivity contribution in [3.63, 3.8) is 0 Å². The molecule has 1 aliphatic heterocycles. The molecule has 1 heterocycles. The van der Waals surface area contributed by atoms with E-state index in [1.54, 1.807) is 0 Å². The van der Waals surface area contributed by atoms with Crippen molar-refractivity contribution >= 4 is 7.92 Å². The Bertz CT molecular complexity index is 195. The highest BCUT2D eigenvalue weighted by Crippen LogP contribution is 2.59. The highest BCUT2D eigenvalue weighted by atomic mass is 31.1. The van der Waals surface area contributed by atoms with Gasteiger partial charge in [0.1, 0.15) is 0 Å². The van der Waals surface area contributed by atoms with E-state index in [0.717, 1.165) is 17.0 Å². The molecule has 2 atom stereocenters. The molecule has 0 N–H and O–H groups in total. The van der Waals surface area contributed by atoms with Crippen LogP contribution in [0.3, 0.4) is 0 Å². The molecule has 1 heteroatoms. The first-order chi connectivity index (χ1) is 5.79. The number of allylic oxidation sites excluding steroid dienone is 4. The van der Waals surface area contributed by atoms with Gasteiger partial charge < -0.3 is 0 Å². The average Bonchev–Trinajstić information content (AvgIpc) is 2.61. The Kier molecular flexibility index (Phi) is 2.37. The van der Waals surface area contributed by atoms with Crippen LogP contribution in [0.4, 0.5) is 0 Å². The highest BCUT2D eigenvalue weighted by molar-refractivity contribution is 7.60. The Balaban J connectivity index is 2.10. The fraction of sp³-hybridized carbons (Fsp3) is 0.636. The lowest BCUT2D eigenvalue weighted by atomic mass is 10.2. The zero-order valence-electron chi connectivity index (χ0n) is 7.90. The van der Waals surface area contributed by atoms with E-state index in [-0.39, 0.29) is 7.92 Å². The summed E-state index contributed by atoms with van der Waals surface area (Å²) in [6.45, 7) is 4.88. The summed E-state index contributed by atoms with van der Waals surface area (Å²) in [5.41, 5.74) is 2.80. The predicted octanol–water partition coefficient (Wildman–Crippen LogP) is 3.53. The fourth-order valence-electron chi connectivity index (χ4n) is 2.42. The first-order valence-electron chi connectivity index (χ1n) is 4.91. The lowest BCUT2D eigenvalue weighted by Gasteiger charge is -2.25. The maximum Gasteiger partial charge on any atom is 0.0161 e. The van der Waals surface area contributed by atoms with E-state index in [4.69, 9.17) is 0 Å². The van der Waals surface area contributed by atoms with Crippen LogP contribution < -0.4 is 0 Å². The van der Waals surface area contributed by atoms with Gasteiger partial charge in [0.25, 0.3) is 0 Å². The maximum atomic E-state index is 2.44. The van der Waals surface area contributed by atoms with Crippen molar-refractivity contribution in [1.82, 2.24) is 0 Å². The molecule has 2 aliphatic rings. The topological polar surface area (TPSA) is 0 Å². The van der Waals surface area contributed by atoms with Crippen LogP contribution in [0, 0.1) is 0 Å². The van der Waals surface area contributed by atoms with Crippen molar-refractivity contribution in [1.29, 1.82) is 0 Å². The van der Waals surface area contributed by atoms with Crippen LogP contribution in [0.1, 0.15) is 26.7 Å². The monoisotopic (exact) mass is 180 g/mol. The van der Waals surface area contributed by atoms with E-state index in [2.05, 4.69) is 38.2 Å². The van der Waals surface area contributed by atoms with Crippen molar-refractivity contribution in [2.24, 2.45) is 0 Å². The second kappa shape index (κ2) is 3.34. The van der Waals surface area contributed by atoms with Gasteiger partial charge in [-0.2, -0.15) is 0 Å². The Hall–Kier alpha value is -0.0900. The molecule has 1 aliphatic carbocycles. The average molecular weight is 180 g/mol. The molecule has 0 aromatic heterocycles. The molecule has 1 fully saturated rings. The lowest BCUT2D eigenvalue weighted by Crippen LogP contribution is -2.07. The summed E-state index contributed by atoms with van der Waals surface area (Å²) in [6.07, 6.45) is 12.1. The minimum absolute atomic E-state index is 0.258. The van der Waals surface area contributed by atoms with Gasteiger partial charge in [0, 0.05) is 5.66 Å². The van der Waals surface area contributed by atoms with E-state index in [0.29, 0.717) is 0 Å². The summed E-state index contributed by atoms with van der Waals surface area (Å²) < 4.78 is 0. The van der Waals surface area contributed by atoms with Crippen LogP contribution in [0.2, 0.25) is 0 Å². The van der Waals surface area contributed by atoms with Gasteiger partial charge >= 0.3 is 0 Å². The fourth-order valence-corrected chi connectivity index (χ4v) is 5.96. The molecule has 0 radical (unpaired) electrons. The maximum absolute atomic E-state index is 2.44. The van der Waals surface area contributed by atoms with Gasteiger partial charge in [0.05, 0.1) is 0 Å². The van der Waals surface area contributed by atoms with E-state index < -0.39 is 0 Å². The predicted molar refractivity (Wildman–Crippen MR) is 57.1 cm³/mol. The zero-order chi connectivity index (χ0) is 8.55. The molecule has 0 saturated carbocycles. The van der Waals surface area contributed by atoms with Crippen molar-refractivity contribution in [2.45, 2.75) is 43.7 Å². The van der Waals surface area contributed by atoms with Crippen LogP contribution >= 0.6 is 7.92 Å². The van der Waals surface area contributed by atoms with Crippen LogP contribution in [-0.4, -0.2) is 17.0 Å². The number of rotatable bonds is 1. The minimum Gasteiger partial charge on any atom is -0.0898 e.